The molecule has 0 fully saturated rings. The van der Waals surface area contributed by atoms with Crippen molar-refractivity contribution < 1.29 is 0 Å². The van der Waals surface area contributed by atoms with E-state index in [0.717, 1.165) is 0 Å². The maximum Gasteiger partial charge on any atom is 0.148 e. The lowest BCUT2D eigenvalue weighted by atomic mass is 9.74. The van der Waals surface area contributed by atoms with E-state index in [9.17, 15) is 0 Å². The summed E-state index contributed by atoms with van der Waals surface area (Å²) in [5, 5.41) is 0. The molecule has 0 spiro atoms. The van der Waals surface area contributed by atoms with Gasteiger partial charge in [0.15, 0.2) is 0 Å². The number of hydrogen-bond donors (Lipinski definition) is 2. The Labute approximate surface area is 76.2 Å². The summed E-state index contributed by atoms with van der Waals surface area (Å²) < 4.78 is 0. The molecular weight excluding hydrogens is 147 g/mol. The van der Waals surface area contributed by atoms with Gasteiger partial charge in [-0.25, -0.2) is 0 Å². The SMILES string of the molecule is CN.CN.C[B]c1ccccc1. The zero-order chi connectivity index (χ0) is 9.82. The van der Waals surface area contributed by atoms with Crippen molar-refractivity contribution in [3.63, 3.8) is 0 Å². The van der Waals surface area contributed by atoms with E-state index >= 15 is 0 Å². The molecule has 12 heavy (non-hydrogen) atoms. The van der Waals surface area contributed by atoms with Crippen LogP contribution in [0.5, 0.6) is 0 Å². The molecule has 1 rings (SSSR count). The van der Waals surface area contributed by atoms with Crippen LogP contribution in [0.25, 0.3) is 0 Å². The van der Waals surface area contributed by atoms with E-state index < -0.39 is 0 Å². The predicted octanol–water partition coefficient (Wildman–Crippen LogP) is 0.214. The summed E-state index contributed by atoms with van der Waals surface area (Å²) in [5.41, 5.74) is 10.3. The number of nitrogens with two attached hydrogens (primary N) is 2. The van der Waals surface area contributed by atoms with Crippen molar-refractivity contribution in [2.75, 3.05) is 14.1 Å². The van der Waals surface area contributed by atoms with Crippen LogP contribution in [0.4, 0.5) is 0 Å². The van der Waals surface area contributed by atoms with Gasteiger partial charge in [0.2, 0.25) is 0 Å². The highest BCUT2D eigenvalue weighted by molar-refractivity contribution is 6.51. The Balaban J connectivity index is 0. The average Bonchev–Trinajstić information content (AvgIpc) is 2.25. The maximum absolute atomic E-state index is 4.50. The lowest BCUT2D eigenvalue weighted by Crippen LogP contribution is -2.07. The highest BCUT2D eigenvalue weighted by atomic mass is 14.4. The van der Waals surface area contributed by atoms with Gasteiger partial charge in [0.25, 0.3) is 0 Å². The molecule has 1 aromatic carbocycles. The van der Waals surface area contributed by atoms with Crippen molar-refractivity contribution in [3.8, 4) is 0 Å². The van der Waals surface area contributed by atoms with Crippen LogP contribution >= 0.6 is 0 Å². The van der Waals surface area contributed by atoms with Crippen LogP contribution in [-0.2, 0) is 0 Å². The van der Waals surface area contributed by atoms with E-state index in [-0.39, 0.29) is 0 Å². The van der Waals surface area contributed by atoms with Gasteiger partial charge in [-0.15, -0.1) is 0 Å². The van der Waals surface area contributed by atoms with Crippen LogP contribution in [0.1, 0.15) is 0 Å². The first-order valence-corrected chi connectivity index (χ1v) is 3.93. The van der Waals surface area contributed by atoms with Gasteiger partial charge < -0.3 is 11.5 Å². The molecule has 4 N–H and O–H groups in total. The molecule has 3 heteroatoms. The highest BCUT2D eigenvalue weighted by Crippen LogP contribution is 1.79. The molecule has 0 atom stereocenters. The first-order valence-electron chi connectivity index (χ1n) is 3.93. The molecule has 0 heterocycles. The first-order chi connectivity index (χ1) is 5.93. The molecule has 0 amide bonds. The Morgan fingerprint density at radius 1 is 0.917 bits per heavy atom. The summed E-state index contributed by atoms with van der Waals surface area (Å²) in [6.07, 6.45) is 0. The van der Waals surface area contributed by atoms with Crippen molar-refractivity contribution in [3.05, 3.63) is 30.3 Å². The Bertz CT molecular complexity index is 154. The third-order valence-corrected chi connectivity index (χ3v) is 1.13. The standard InChI is InChI=1S/C7H8B.2CH5N/c1-8-7-5-3-2-4-6-7;2*1-2/h2-6H,1H3;2*2H2,1H3. The van der Waals surface area contributed by atoms with Crippen LogP contribution in [-0.4, -0.2) is 21.4 Å². The van der Waals surface area contributed by atoms with Gasteiger partial charge in [-0.2, -0.15) is 0 Å². The highest BCUT2D eigenvalue weighted by Gasteiger charge is 1.82. The van der Waals surface area contributed by atoms with Crippen LogP contribution < -0.4 is 16.9 Å². The van der Waals surface area contributed by atoms with Crippen molar-refractivity contribution in [2.45, 2.75) is 6.82 Å². The lowest BCUT2D eigenvalue weighted by Gasteiger charge is -1.88. The van der Waals surface area contributed by atoms with E-state index in [1.54, 1.807) is 0 Å². The Morgan fingerprint density at radius 3 is 1.58 bits per heavy atom. The summed E-state index contributed by atoms with van der Waals surface area (Å²) in [4.78, 5) is 0. The fraction of sp³-hybridized carbons (Fsp3) is 0.333. The molecular formula is C9H18BN2. The van der Waals surface area contributed by atoms with Gasteiger partial charge in [0.05, 0.1) is 0 Å². The Hall–Kier alpha value is -0.795. The molecule has 1 aromatic rings. The molecule has 2 nitrogen and oxygen atoms in total. The van der Waals surface area contributed by atoms with E-state index in [2.05, 4.69) is 30.9 Å². The summed E-state index contributed by atoms with van der Waals surface area (Å²) in [7, 11) is 5.08. The van der Waals surface area contributed by atoms with Gasteiger partial charge in [0.1, 0.15) is 7.28 Å². The smallest absolute Gasteiger partial charge is 0.148 e. The van der Waals surface area contributed by atoms with Gasteiger partial charge in [-0.1, -0.05) is 42.6 Å². The van der Waals surface area contributed by atoms with Crippen molar-refractivity contribution in [2.24, 2.45) is 11.5 Å². The first kappa shape index (κ1) is 13.8. The van der Waals surface area contributed by atoms with Crippen molar-refractivity contribution in [1.82, 2.24) is 0 Å². The van der Waals surface area contributed by atoms with Gasteiger partial charge in [0, 0.05) is 0 Å². The van der Waals surface area contributed by atoms with E-state index in [1.807, 2.05) is 25.0 Å². The minimum absolute atomic E-state index is 1.28. The Morgan fingerprint density at radius 2 is 1.33 bits per heavy atom. The summed E-state index contributed by atoms with van der Waals surface area (Å²) in [5.74, 6) is 0. The quantitative estimate of drug-likeness (QED) is 0.584. The zero-order valence-corrected chi connectivity index (χ0v) is 8.12. The third-order valence-electron chi connectivity index (χ3n) is 1.13. The minimum Gasteiger partial charge on any atom is -0.333 e. The summed E-state index contributed by atoms with van der Waals surface area (Å²) in [6, 6.07) is 10.3. The molecule has 0 aliphatic rings. The van der Waals surface area contributed by atoms with Crippen LogP contribution in [0.2, 0.25) is 6.82 Å². The second-order valence-corrected chi connectivity index (χ2v) is 1.70. The molecule has 0 unspecified atom stereocenters. The topological polar surface area (TPSA) is 52.0 Å². The van der Waals surface area contributed by atoms with Crippen LogP contribution in [0.15, 0.2) is 30.3 Å². The van der Waals surface area contributed by atoms with Crippen molar-refractivity contribution >= 4 is 12.7 Å². The summed E-state index contributed by atoms with van der Waals surface area (Å²) >= 11 is 0. The second kappa shape index (κ2) is 12.8. The monoisotopic (exact) mass is 165 g/mol. The lowest BCUT2D eigenvalue weighted by molar-refractivity contribution is 1.48. The largest absolute Gasteiger partial charge is 0.333 e. The van der Waals surface area contributed by atoms with E-state index in [1.165, 1.54) is 19.6 Å². The number of hydrogen-bond acceptors (Lipinski definition) is 2. The molecule has 0 aliphatic heterocycles. The van der Waals surface area contributed by atoms with Gasteiger partial charge in [-0.05, 0) is 14.1 Å². The number of benzene rings is 1. The van der Waals surface area contributed by atoms with E-state index in [0.29, 0.717) is 0 Å². The molecule has 0 saturated carbocycles. The normalized spacial score (nSPS) is 6.75. The van der Waals surface area contributed by atoms with Crippen LogP contribution in [0.3, 0.4) is 0 Å². The van der Waals surface area contributed by atoms with Crippen molar-refractivity contribution in [1.29, 1.82) is 0 Å². The molecule has 0 aliphatic carbocycles. The Kier molecular flexibility index (Phi) is 14.7. The molecule has 0 aromatic heterocycles. The molecule has 67 valence electrons. The third kappa shape index (κ3) is 7.31. The fourth-order valence-corrected chi connectivity index (χ4v) is 0.645. The zero-order valence-electron chi connectivity index (χ0n) is 8.12. The van der Waals surface area contributed by atoms with Gasteiger partial charge in [-0.3, -0.25) is 0 Å². The fourth-order valence-electron chi connectivity index (χ4n) is 0.645. The van der Waals surface area contributed by atoms with Gasteiger partial charge >= 0.3 is 0 Å². The second-order valence-electron chi connectivity index (χ2n) is 1.70. The molecule has 1 radical (unpaired) electrons. The maximum atomic E-state index is 4.50. The molecule has 0 bridgehead atoms. The van der Waals surface area contributed by atoms with E-state index in [4.69, 9.17) is 0 Å². The minimum atomic E-state index is 1.28. The predicted molar refractivity (Wildman–Crippen MR) is 57.9 cm³/mol. The number of rotatable bonds is 1. The average molecular weight is 165 g/mol. The molecule has 0 saturated heterocycles. The van der Waals surface area contributed by atoms with Crippen LogP contribution in [0, 0.1) is 0 Å². The summed E-state index contributed by atoms with van der Waals surface area (Å²) in [6.45, 7) is 2.04.